The average Bonchev–Trinajstić information content (AvgIpc) is 3.05. The van der Waals surface area contributed by atoms with Crippen molar-refractivity contribution in [2.45, 2.75) is 18.0 Å². The first-order valence-corrected chi connectivity index (χ1v) is 8.90. The fourth-order valence-electron chi connectivity index (χ4n) is 2.14. The third-order valence-electron chi connectivity index (χ3n) is 3.36. The zero-order valence-corrected chi connectivity index (χ0v) is 14.4. The number of carbonyl (C=O) groups excluding carboxylic acids is 1. The van der Waals surface area contributed by atoms with Gasteiger partial charge >= 0.3 is 16.3 Å². The molecule has 0 aliphatic carbocycles. The van der Waals surface area contributed by atoms with Crippen LogP contribution < -0.4 is 5.72 Å². The van der Waals surface area contributed by atoms with Crippen molar-refractivity contribution in [3.63, 3.8) is 0 Å². The van der Waals surface area contributed by atoms with Crippen LogP contribution in [0.1, 0.15) is 31.0 Å². The largest absolute Gasteiger partial charge is 0.460 e. The van der Waals surface area contributed by atoms with Crippen LogP contribution in [-0.4, -0.2) is 14.2 Å². The Morgan fingerprint density at radius 2 is 1.86 bits per heavy atom. The molecule has 1 aliphatic rings. The second-order valence-electron chi connectivity index (χ2n) is 5.36. The Kier molecular flexibility index (Phi) is 3.02. The van der Waals surface area contributed by atoms with Gasteiger partial charge in [0.1, 0.15) is 5.75 Å². The van der Waals surface area contributed by atoms with Crippen molar-refractivity contribution in [3.05, 3.63) is 82.8 Å². The van der Waals surface area contributed by atoms with Gasteiger partial charge in [0.05, 0.1) is 13.8 Å². The van der Waals surface area contributed by atoms with Crippen molar-refractivity contribution < 1.29 is 46.4 Å². The zero-order chi connectivity index (χ0) is 27.4. The molecule has 1 aliphatic heterocycles. The van der Waals surface area contributed by atoms with Crippen LogP contribution in [0.4, 0.5) is 13.2 Å². The number of Topliss-reactive ketones (excluding diaryl/α,β-unsaturated/α-hetero) is 1. The van der Waals surface area contributed by atoms with Crippen molar-refractivity contribution in [2.75, 3.05) is 0 Å². The van der Waals surface area contributed by atoms with Crippen LogP contribution in [0.5, 0.6) is 0 Å². The topological polar surface area (TPSA) is 95.7 Å². The molecule has 1 heterocycles. The molecule has 2 aromatic carbocycles. The van der Waals surface area contributed by atoms with E-state index in [1.807, 2.05) is 0 Å². The number of halogens is 3. The lowest BCUT2D eigenvalue weighted by Gasteiger charge is -2.12. The monoisotopic (exact) mass is 421 g/mol. The highest BCUT2D eigenvalue weighted by Crippen LogP contribution is 2.35. The lowest BCUT2D eigenvalue weighted by Crippen LogP contribution is -2.16. The molecule has 0 radical (unpaired) electrons. The van der Waals surface area contributed by atoms with Crippen LogP contribution in [0.2, 0.25) is 2.82 Å². The molecule has 0 amide bonds. The summed E-state index contributed by atoms with van der Waals surface area (Å²) in [7, 11) is -5.02. The van der Waals surface area contributed by atoms with Gasteiger partial charge in [0.2, 0.25) is 17.4 Å². The van der Waals surface area contributed by atoms with Crippen molar-refractivity contribution in [1.82, 2.24) is 0 Å². The second-order valence-corrected chi connectivity index (χ2v) is 6.93. The van der Waals surface area contributed by atoms with E-state index in [0.717, 1.165) is 0 Å². The minimum Gasteiger partial charge on any atom is -0.460 e. The standard InChI is InChI=1S/C18H14F3NO5S/c19-18(20,21)13-8-6-12(7-9-13)15-14(23)16(17(22)26-15)27-28(24,25)10-11-4-2-1-3-5-11/h1-9,15H,10,22H2/i1D,2D,3D,4D,5D,15D/hD2. The highest BCUT2D eigenvalue weighted by molar-refractivity contribution is 7.86. The van der Waals surface area contributed by atoms with Crippen molar-refractivity contribution in [2.24, 2.45) is 5.72 Å². The molecule has 28 heavy (non-hydrogen) atoms. The Bertz CT molecular complexity index is 1350. The lowest BCUT2D eigenvalue weighted by molar-refractivity contribution is -0.137. The summed E-state index contributed by atoms with van der Waals surface area (Å²) in [5.74, 6) is -5.43. The first-order chi connectivity index (χ1) is 16.4. The number of ether oxygens (including phenoxy) is 1. The molecule has 2 aromatic rings. The van der Waals surface area contributed by atoms with E-state index in [0.29, 0.717) is 24.3 Å². The van der Waals surface area contributed by atoms with Crippen LogP contribution in [0.15, 0.2) is 66.1 Å². The summed E-state index contributed by atoms with van der Waals surface area (Å²) in [6, 6.07) is -1.68. The molecular formula is C18H14F3NO5S. The summed E-state index contributed by atoms with van der Waals surface area (Å²) < 4.78 is 135. The highest BCUT2D eigenvalue weighted by Gasteiger charge is 2.40. The van der Waals surface area contributed by atoms with Crippen LogP contribution in [-0.2, 0) is 35.8 Å². The third kappa shape index (κ3) is 4.28. The number of rotatable bonds is 6. The van der Waals surface area contributed by atoms with Crippen LogP contribution in [0.3, 0.4) is 0 Å². The minimum absolute atomic E-state index is 0.395. The van der Waals surface area contributed by atoms with E-state index in [1.165, 1.54) is 0 Å². The first kappa shape index (κ1) is 11.7. The maximum absolute atomic E-state index is 12.9. The van der Waals surface area contributed by atoms with E-state index in [9.17, 15) is 26.4 Å². The fourth-order valence-corrected chi connectivity index (χ4v) is 3.10. The molecule has 0 saturated heterocycles. The maximum atomic E-state index is 12.9. The minimum atomic E-state index is -5.02. The van der Waals surface area contributed by atoms with Crippen molar-refractivity contribution in [1.29, 1.82) is 0 Å². The van der Waals surface area contributed by atoms with E-state index < -0.39 is 98.2 Å². The maximum Gasteiger partial charge on any atom is 0.416 e. The van der Waals surface area contributed by atoms with Gasteiger partial charge in [-0.2, -0.15) is 21.6 Å². The van der Waals surface area contributed by atoms with Crippen LogP contribution in [0, 0.1) is 0 Å². The van der Waals surface area contributed by atoms with Crippen LogP contribution in [0.25, 0.3) is 0 Å². The molecule has 6 nitrogen and oxygen atoms in total. The average molecular weight is 421 g/mol. The number of hydrogen-bond donors (Lipinski definition) is 1. The van der Waals surface area contributed by atoms with E-state index in [2.05, 4.69) is 4.18 Å². The third-order valence-corrected chi connectivity index (χ3v) is 4.43. The number of benzene rings is 2. The Morgan fingerprint density at radius 3 is 2.43 bits per heavy atom. The molecule has 0 spiro atoms. The van der Waals surface area contributed by atoms with Gasteiger partial charge in [-0.25, -0.2) is 0 Å². The molecule has 10 heteroatoms. The summed E-state index contributed by atoms with van der Waals surface area (Å²) in [6.45, 7) is 0. The number of carbonyl (C=O) groups is 1. The quantitative estimate of drug-likeness (QED) is 0.721. The molecule has 3 rings (SSSR count). The molecule has 0 saturated carbocycles. The molecule has 0 bridgehead atoms. The van der Waals surface area contributed by atoms with E-state index >= 15 is 0 Å². The predicted molar refractivity (Wildman–Crippen MR) is 91.6 cm³/mol. The summed E-state index contributed by atoms with van der Waals surface area (Å²) in [6.07, 6.45) is -7.65. The molecule has 2 N–H and O–H groups in total. The molecular weight excluding hydrogens is 399 g/mol. The summed E-state index contributed by atoms with van der Waals surface area (Å²) in [5, 5.41) is 0. The number of hydrogen-bond acceptors (Lipinski definition) is 6. The molecule has 0 fully saturated rings. The number of ketones is 1. The molecule has 0 aromatic heterocycles. The van der Waals surface area contributed by atoms with Gasteiger partial charge < -0.3 is 14.6 Å². The summed E-state index contributed by atoms with van der Waals surface area (Å²) >= 11 is 0. The van der Waals surface area contributed by atoms with Crippen LogP contribution >= 0.6 is 0 Å². The fraction of sp³-hybridized carbons (Fsp3) is 0.167. The van der Waals surface area contributed by atoms with Gasteiger partial charge in [0.25, 0.3) is 0 Å². The summed E-state index contributed by atoms with van der Waals surface area (Å²) in [5.41, 5.74) is -2.72. The zero-order valence-electron chi connectivity index (χ0n) is 21.5. The summed E-state index contributed by atoms with van der Waals surface area (Å²) in [4.78, 5) is 12.9. The van der Waals surface area contributed by atoms with E-state index in [-0.39, 0.29) is 0 Å². The molecule has 1 atom stereocenters. The van der Waals surface area contributed by atoms with E-state index in [1.54, 1.807) is 0 Å². The normalized spacial score (nSPS) is 24.0. The molecule has 1 unspecified atom stereocenters. The van der Waals surface area contributed by atoms with Crippen molar-refractivity contribution in [3.8, 4) is 0 Å². The highest BCUT2D eigenvalue weighted by atomic mass is 32.2. The SMILES string of the molecule is [2H]c1c([2H])c([2H])c(CS(=O)(=O)OC2=C(N([2H])[2H])OC([2H])(c3ccc(C(F)(F)F)cc3)C2=O)c([2H])c1[2H]. The smallest absolute Gasteiger partial charge is 0.416 e. The molecule has 148 valence electrons. The number of nitrogens with two attached hydrogens (primary N) is 1. The Hall–Kier alpha value is -3.01. The van der Waals surface area contributed by atoms with Gasteiger partial charge in [-0.15, -0.1) is 0 Å². The second kappa shape index (κ2) is 7.19. The van der Waals surface area contributed by atoms with Gasteiger partial charge in [-0.05, 0) is 17.7 Å². The lowest BCUT2D eigenvalue weighted by atomic mass is 10.0. The van der Waals surface area contributed by atoms with Gasteiger partial charge in [-0.3, -0.25) is 4.79 Å². The van der Waals surface area contributed by atoms with Gasteiger partial charge in [0.15, 0.2) is 8.90 Å². The van der Waals surface area contributed by atoms with Gasteiger partial charge in [-0.1, -0.05) is 42.3 Å². The first-order valence-electron chi connectivity index (χ1n) is 11.2. The van der Waals surface area contributed by atoms with Gasteiger partial charge in [0, 0.05) is 5.56 Å². The predicted octanol–water partition coefficient (Wildman–Crippen LogP) is 3.02. The van der Waals surface area contributed by atoms with Crippen molar-refractivity contribution >= 4 is 15.9 Å². The Morgan fingerprint density at radius 1 is 1.21 bits per heavy atom. The Labute approximate surface area is 169 Å². The van der Waals surface area contributed by atoms with E-state index in [4.69, 9.17) is 15.8 Å². The number of alkyl halides is 3. The Balaban J connectivity index is 1.98.